The van der Waals surface area contributed by atoms with Crippen LogP contribution >= 0.6 is 0 Å². The van der Waals surface area contributed by atoms with Crippen molar-refractivity contribution in [1.29, 1.82) is 0 Å². The monoisotopic (exact) mass is 453 g/mol. The Morgan fingerprint density at radius 3 is 2.44 bits per heavy atom. The molecule has 34 heavy (non-hydrogen) atoms. The standard InChI is InChI=1S/C27H27N5O2/c1-5-6-14-30-26(33)22-16-21-19(4)29-32(20-10-8-7-9-11-20)25(21)31(24(22)28-27(30)34)23-15-17(2)12-13-18(23)3/h7-13,15-16H,5-6,14H2,1-4H3. The molecule has 0 radical (unpaired) electrons. The maximum absolute atomic E-state index is 13.5. The quantitative estimate of drug-likeness (QED) is 0.391. The molecule has 0 amide bonds. The van der Waals surface area contributed by atoms with Crippen LogP contribution in [-0.4, -0.2) is 23.9 Å². The summed E-state index contributed by atoms with van der Waals surface area (Å²) in [5.74, 6) is 0.348. The molecule has 0 unspecified atom stereocenters. The van der Waals surface area contributed by atoms with E-state index in [1.54, 1.807) is 0 Å². The van der Waals surface area contributed by atoms with Crippen LogP contribution in [0.25, 0.3) is 33.8 Å². The number of aromatic nitrogens is 5. The Bertz CT molecular complexity index is 1610. The lowest BCUT2D eigenvalue weighted by Gasteiger charge is -2.20. The fraction of sp³-hybridized carbons (Fsp3) is 0.259. The van der Waals surface area contributed by atoms with Crippen LogP contribution in [0.2, 0.25) is 0 Å². The third-order valence-corrected chi connectivity index (χ3v) is 6.28. The fourth-order valence-electron chi connectivity index (χ4n) is 4.44. The molecule has 2 aromatic carbocycles. The Hall–Kier alpha value is -4.00. The molecule has 7 heteroatoms. The van der Waals surface area contributed by atoms with Crippen molar-refractivity contribution >= 4 is 11.0 Å². The van der Waals surface area contributed by atoms with Crippen molar-refractivity contribution in [3.05, 3.63) is 92.3 Å². The summed E-state index contributed by atoms with van der Waals surface area (Å²) in [5.41, 5.74) is 4.98. The zero-order valence-corrected chi connectivity index (χ0v) is 19.9. The Kier molecular flexibility index (Phi) is 5.40. The fourth-order valence-corrected chi connectivity index (χ4v) is 4.44. The van der Waals surface area contributed by atoms with Gasteiger partial charge in [-0.3, -0.25) is 13.9 Å². The normalized spacial score (nSPS) is 11.5. The Morgan fingerprint density at radius 1 is 0.941 bits per heavy atom. The number of benzene rings is 2. The second-order valence-electron chi connectivity index (χ2n) is 8.78. The Morgan fingerprint density at radius 2 is 1.71 bits per heavy atom. The number of fused-ring (bicyclic) bond motifs is 2. The summed E-state index contributed by atoms with van der Waals surface area (Å²) in [6, 6.07) is 17.8. The van der Waals surface area contributed by atoms with Gasteiger partial charge in [-0.15, -0.1) is 0 Å². The number of aryl methyl sites for hydroxylation is 3. The first-order valence-electron chi connectivity index (χ1n) is 11.6. The van der Waals surface area contributed by atoms with Gasteiger partial charge in [0.05, 0.1) is 22.6 Å². The number of nitrogens with zero attached hydrogens (tertiary/aromatic N) is 5. The van der Waals surface area contributed by atoms with E-state index in [0.29, 0.717) is 17.9 Å². The molecule has 0 atom stereocenters. The first-order chi connectivity index (χ1) is 16.4. The molecule has 172 valence electrons. The van der Waals surface area contributed by atoms with E-state index in [1.165, 1.54) is 4.57 Å². The molecule has 0 N–H and O–H groups in total. The van der Waals surface area contributed by atoms with E-state index in [4.69, 9.17) is 5.10 Å². The Labute approximate surface area is 197 Å². The van der Waals surface area contributed by atoms with Crippen LogP contribution in [0.3, 0.4) is 0 Å². The third kappa shape index (κ3) is 3.44. The van der Waals surface area contributed by atoms with Gasteiger partial charge < -0.3 is 0 Å². The van der Waals surface area contributed by atoms with E-state index < -0.39 is 5.69 Å². The van der Waals surface area contributed by atoms with E-state index in [1.807, 2.05) is 85.5 Å². The second kappa shape index (κ2) is 8.41. The van der Waals surface area contributed by atoms with Gasteiger partial charge in [0.1, 0.15) is 5.65 Å². The number of rotatable bonds is 5. The number of pyridine rings is 1. The molecule has 3 heterocycles. The highest BCUT2D eigenvalue weighted by Crippen LogP contribution is 2.32. The maximum Gasteiger partial charge on any atom is 0.352 e. The van der Waals surface area contributed by atoms with E-state index in [2.05, 4.69) is 11.1 Å². The Balaban J connectivity index is 1.99. The van der Waals surface area contributed by atoms with E-state index in [-0.39, 0.29) is 5.56 Å². The maximum atomic E-state index is 13.5. The molecule has 0 bridgehead atoms. The first-order valence-corrected chi connectivity index (χ1v) is 11.6. The molecule has 0 spiro atoms. The molecule has 2 aliphatic rings. The van der Waals surface area contributed by atoms with Crippen LogP contribution in [0.5, 0.6) is 0 Å². The van der Waals surface area contributed by atoms with Gasteiger partial charge in [-0.1, -0.05) is 43.7 Å². The van der Waals surface area contributed by atoms with Crippen molar-refractivity contribution < 1.29 is 0 Å². The largest absolute Gasteiger partial charge is 0.352 e. The molecular formula is C27H27N5O2. The molecule has 0 fully saturated rings. The van der Waals surface area contributed by atoms with Crippen molar-refractivity contribution in [3.8, 4) is 22.8 Å². The number of unbranched alkanes of at least 4 members (excludes halogenated alkanes) is 1. The summed E-state index contributed by atoms with van der Waals surface area (Å²) in [5, 5.41) is 5.67. The van der Waals surface area contributed by atoms with Crippen molar-refractivity contribution in [3.63, 3.8) is 0 Å². The highest BCUT2D eigenvalue weighted by molar-refractivity contribution is 5.88. The zero-order valence-electron chi connectivity index (χ0n) is 19.9. The average molecular weight is 454 g/mol. The summed E-state index contributed by atoms with van der Waals surface area (Å²) in [7, 11) is 0. The lowest BCUT2D eigenvalue weighted by Crippen LogP contribution is -2.38. The van der Waals surface area contributed by atoms with Gasteiger partial charge >= 0.3 is 5.69 Å². The van der Waals surface area contributed by atoms with Crippen LogP contribution in [0.1, 0.15) is 36.6 Å². The molecule has 0 saturated carbocycles. The molecule has 7 nitrogen and oxygen atoms in total. The van der Waals surface area contributed by atoms with Gasteiger partial charge in [-0.2, -0.15) is 10.1 Å². The van der Waals surface area contributed by atoms with E-state index in [9.17, 15) is 9.59 Å². The van der Waals surface area contributed by atoms with Crippen LogP contribution in [0.15, 0.2) is 64.2 Å². The highest BCUT2D eigenvalue weighted by Gasteiger charge is 2.25. The average Bonchev–Trinajstić information content (AvgIpc) is 3.16. The van der Waals surface area contributed by atoms with Gasteiger partial charge in [-0.25, -0.2) is 9.48 Å². The topological polar surface area (TPSA) is 74.7 Å². The highest BCUT2D eigenvalue weighted by atomic mass is 16.2. The lowest BCUT2D eigenvalue weighted by molar-refractivity contribution is 0.582. The lowest BCUT2D eigenvalue weighted by atomic mass is 10.1. The first kappa shape index (κ1) is 21.8. The minimum atomic E-state index is -0.521. The minimum Gasteiger partial charge on any atom is -0.277 e. The van der Waals surface area contributed by atoms with Crippen molar-refractivity contribution in [1.82, 2.24) is 23.9 Å². The van der Waals surface area contributed by atoms with E-state index >= 15 is 0 Å². The third-order valence-electron chi connectivity index (χ3n) is 6.28. The molecule has 1 aromatic heterocycles. The molecule has 2 aliphatic heterocycles. The van der Waals surface area contributed by atoms with Gasteiger partial charge in [0, 0.05) is 11.9 Å². The predicted octanol–water partition coefficient (Wildman–Crippen LogP) is 4.56. The van der Waals surface area contributed by atoms with Gasteiger partial charge in [0.15, 0.2) is 5.82 Å². The van der Waals surface area contributed by atoms with Crippen LogP contribution in [0, 0.1) is 20.8 Å². The van der Waals surface area contributed by atoms with Crippen molar-refractivity contribution in [2.24, 2.45) is 0 Å². The summed E-state index contributed by atoms with van der Waals surface area (Å²) >= 11 is 0. The summed E-state index contributed by atoms with van der Waals surface area (Å²) in [6.07, 6.45) is 1.63. The van der Waals surface area contributed by atoms with Gasteiger partial charge in [-0.05, 0) is 62.6 Å². The molecule has 0 aliphatic carbocycles. The minimum absolute atomic E-state index is 0.309. The molecule has 5 rings (SSSR count). The van der Waals surface area contributed by atoms with Crippen molar-refractivity contribution in [2.75, 3.05) is 0 Å². The van der Waals surface area contributed by atoms with Crippen LogP contribution in [-0.2, 0) is 6.54 Å². The molecule has 0 saturated heterocycles. The summed E-state index contributed by atoms with van der Waals surface area (Å²) in [6.45, 7) is 8.37. The smallest absolute Gasteiger partial charge is 0.277 e. The van der Waals surface area contributed by atoms with Gasteiger partial charge in [0.25, 0.3) is 5.56 Å². The molecular weight excluding hydrogens is 426 g/mol. The summed E-state index contributed by atoms with van der Waals surface area (Å²) in [4.78, 5) is 31.0. The van der Waals surface area contributed by atoms with Crippen LogP contribution in [0.4, 0.5) is 0 Å². The van der Waals surface area contributed by atoms with E-state index in [0.717, 1.165) is 52.1 Å². The summed E-state index contributed by atoms with van der Waals surface area (Å²) < 4.78 is 5.04. The zero-order chi connectivity index (χ0) is 24.0. The second-order valence-corrected chi connectivity index (χ2v) is 8.78. The molecule has 3 aromatic rings. The van der Waals surface area contributed by atoms with Crippen molar-refractivity contribution in [2.45, 2.75) is 47.1 Å². The van der Waals surface area contributed by atoms with Crippen LogP contribution < -0.4 is 11.2 Å². The van der Waals surface area contributed by atoms with Gasteiger partial charge in [0.2, 0.25) is 0 Å². The number of hydrogen-bond donors (Lipinski definition) is 0. The SMILES string of the molecule is CCCCn1c(=O)nc2n(-c3cc(C)ccc3C)c3c(cc-2c1=O)c(C)nn3-c1ccccc1. The number of para-hydroxylation sites is 1. The number of hydrogen-bond acceptors (Lipinski definition) is 4. The predicted molar refractivity (Wildman–Crippen MR) is 134 cm³/mol.